The minimum atomic E-state index is -1.68. The van der Waals surface area contributed by atoms with Crippen LogP contribution in [0.25, 0.3) is 22.1 Å². The average Bonchev–Trinajstić information content (AvgIpc) is 2.96. The first-order chi connectivity index (χ1) is 19.2. The van der Waals surface area contributed by atoms with Crippen LogP contribution in [-0.2, 0) is 14.2 Å². The van der Waals surface area contributed by atoms with Crippen LogP contribution in [0.3, 0.4) is 0 Å². The van der Waals surface area contributed by atoms with Crippen LogP contribution >= 0.6 is 0 Å². The van der Waals surface area contributed by atoms with E-state index >= 15 is 0 Å². The Bertz CT molecular complexity index is 1360. The van der Waals surface area contributed by atoms with Gasteiger partial charge in [0.05, 0.1) is 30.8 Å². The Kier molecular flexibility index (Phi) is 8.37. The van der Waals surface area contributed by atoms with Gasteiger partial charge in [-0.15, -0.1) is 0 Å². The average molecular weight is 563 g/mol. The minimum Gasteiger partial charge on any atom is -0.497 e. The lowest BCUT2D eigenvalue weighted by molar-refractivity contribution is -0.370. The van der Waals surface area contributed by atoms with Crippen molar-refractivity contribution < 1.29 is 58.7 Å². The van der Waals surface area contributed by atoms with Crippen LogP contribution in [0.1, 0.15) is 6.42 Å². The van der Waals surface area contributed by atoms with Crippen LogP contribution in [0.4, 0.5) is 0 Å². The topological polar surface area (TPSA) is 198 Å². The fourth-order valence-corrected chi connectivity index (χ4v) is 4.60. The van der Waals surface area contributed by atoms with Crippen molar-refractivity contribution in [2.45, 2.75) is 61.9 Å². The van der Waals surface area contributed by atoms with Crippen molar-refractivity contribution in [1.82, 2.24) is 0 Å². The van der Waals surface area contributed by atoms with Crippen molar-refractivity contribution in [1.29, 1.82) is 0 Å². The minimum absolute atomic E-state index is 0.151. The van der Waals surface area contributed by atoms with Gasteiger partial charge in [0.1, 0.15) is 53.9 Å². The molecule has 2 fully saturated rings. The molecule has 0 amide bonds. The van der Waals surface area contributed by atoms with E-state index in [2.05, 4.69) is 0 Å². The Hall–Kier alpha value is -3.11. The van der Waals surface area contributed by atoms with Gasteiger partial charge in [-0.25, -0.2) is 0 Å². The largest absolute Gasteiger partial charge is 0.497 e. The van der Waals surface area contributed by atoms with Crippen molar-refractivity contribution in [3.63, 3.8) is 0 Å². The highest BCUT2D eigenvalue weighted by atomic mass is 16.8. The molecule has 0 spiro atoms. The van der Waals surface area contributed by atoms with Gasteiger partial charge in [0.2, 0.25) is 6.29 Å². The molecule has 216 valence electrons. The normalized spacial score (nSPS) is 32.6. The second-order valence-corrected chi connectivity index (χ2v) is 9.54. The molecule has 2 aliphatic heterocycles. The van der Waals surface area contributed by atoms with Gasteiger partial charge in [-0.1, -0.05) is 12.1 Å². The molecular weight excluding hydrogens is 532 g/mol. The molecule has 9 unspecified atom stereocenters. The second kappa shape index (κ2) is 11.8. The molecule has 0 radical (unpaired) electrons. The Labute approximate surface area is 227 Å². The SMILES string of the molecule is COc1ccc(-c2coc3cc(OC4OC(OC5OC(CO)C(O)C(O)C5O)CC(O)C4O)ccc3c2=O)cc1. The van der Waals surface area contributed by atoms with Crippen molar-refractivity contribution in [3.05, 3.63) is 59.0 Å². The van der Waals surface area contributed by atoms with E-state index < -0.39 is 62.1 Å². The summed E-state index contributed by atoms with van der Waals surface area (Å²) >= 11 is 0. The van der Waals surface area contributed by atoms with Gasteiger partial charge in [-0.3, -0.25) is 4.79 Å². The lowest BCUT2D eigenvalue weighted by Gasteiger charge is -2.43. The fraction of sp³-hybridized carbons (Fsp3) is 0.444. The first-order valence-electron chi connectivity index (χ1n) is 12.5. The highest BCUT2D eigenvalue weighted by Crippen LogP contribution is 2.30. The number of aliphatic hydroxyl groups is 6. The van der Waals surface area contributed by atoms with E-state index in [1.807, 2.05) is 0 Å². The molecule has 0 aliphatic carbocycles. The van der Waals surface area contributed by atoms with Gasteiger partial charge in [0.25, 0.3) is 0 Å². The fourth-order valence-electron chi connectivity index (χ4n) is 4.60. The van der Waals surface area contributed by atoms with Crippen molar-refractivity contribution >= 4 is 11.0 Å². The van der Waals surface area contributed by atoms with E-state index in [1.165, 1.54) is 24.5 Å². The highest BCUT2D eigenvalue weighted by molar-refractivity contribution is 5.82. The number of aliphatic hydroxyl groups excluding tert-OH is 6. The maximum Gasteiger partial charge on any atom is 0.230 e. The molecule has 9 atom stereocenters. The monoisotopic (exact) mass is 562 g/mol. The number of methoxy groups -OCH3 is 1. The Morgan fingerprint density at radius 3 is 2.30 bits per heavy atom. The predicted octanol–water partition coefficient (Wildman–Crippen LogP) is -0.542. The standard InChI is InChI=1S/C27H30O13/c1-35-13-4-2-12(3-5-13)16-11-36-18-8-14(6-7-15(18)21(16)30)37-26-22(31)17(29)9-20(39-26)40-27-25(34)24(33)23(32)19(10-28)38-27/h2-8,11,17,19-20,22-29,31-34H,9-10H2,1H3. The molecule has 6 N–H and O–H groups in total. The number of ether oxygens (including phenoxy) is 5. The molecule has 5 rings (SSSR count). The van der Waals surface area contributed by atoms with Gasteiger partial charge in [0.15, 0.2) is 18.0 Å². The zero-order chi connectivity index (χ0) is 28.6. The number of hydrogen-bond donors (Lipinski definition) is 6. The summed E-state index contributed by atoms with van der Waals surface area (Å²) < 4.78 is 33.1. The third kappa shape index (κ3) is 5.56. The lowest BCUT2D eigenvalue weighted by atomic mass is 9.99. The number of benzene rings is 2. The number of fused-ring (bicyclic) bond motifs is 1. The summed E-state index contributed by atoms with van der Waals surface area (Å²) in [6.07, 6.45) is -12.1. The van der Waals surface area contributed by atoms with E-state index in [-0.39, 0.29) is 28.6 Å². The van der Waals surface area contributed by atoms with Crippen LogP contribution in [0.15, 0.2) is 57.9 Å². The van der Waals surface area contributed by atoms with Gasteiger partial charge in [-0.05, 0) is 29.8 Å². The van der Waals surface area contributed by atoms with Gasteiger partial charge < -0.3 is 58.7 Å². The third-order valence-electron chi connectivity index (χ3n) is 6.93. The number of rotatable bonds is 7. The van der Waals surface area contributed by atoms with Crippen LogP contribution in [-0.4, -0.2) is 99.8 Å². The van der Waals surface area contributed by atoms with Crippen molar-refractivity contribution in [3.8, 4) is 22.6 Å². The summed E-state index contributed by atoms with van der Waals surface area (Å²) in [4.78, 5) is 13.1. The van der Waals surface area contributed by atoms with E-state index in [1.54, 1.807) is 31.4 Å². The Morgan fingerprint density at radius 2 is 1.60 bits per heavy atom. The molecule has 2 aliphatic rings. The molecule has 2 saturated heterocycles. The van der Waals surface area contributed by atoms with Crippen molar-refractivity contribution in [2.24, 2.45) is 0 Å². The first-order valence-corrected chi connectivity index (χ1v) is 12.5. The van der Waals surface area contributed by atoms with Crippen LogP contribution in [0, 0.1) is 0 Å². The van der Waals surface area contributed by atoms with Crippen molar-refractivity contribution in [2.75, 3.05) is 13.7 Å². The maximum absolute atomic E-state index is 13.1. The molecule has 3 aromatic rings. The Morgan fingerprint density at radius 1 is 0.875 bits per heavy atom. The van der Waals surface area contributed by atoms with Crippen LogP contribution in [0.2, 0.25) is 0 Å². The molecule has 13 nitrogen and oxygen atoms in total. The number of hydrogen-bond acceptors (Lipinski definition) is 13. The summed E-state index contributed by atoms with van der Waals surface area (Å²) in [6, 6.07) is 11.3. The smallest absolute Gasteiger partial charge is 0.230 e. The zero-order valence-electron chi connectivity index (χ0n) is 21.3. The summed E-state index contributed by atoms with van der Waals surface area (Å²) in [6.45, 7) is -0.650. The molecular formula is C27H30O13. The summed E-state index contributed by atoms with van der Waals surface area (Å²) in [7, 11) is 1.55. The summed E-state index contributed by atoms with van der Waals surface area (Å²) in [5.41, 5.74) is 0.941. The van der Waals surface area contributed by atoms with Gasteiger partial charge in [-0.2, -0.15) is 0 Å². The Balaban J connectivity index is 1.31. The lowest BCUT2D eigenvalue weighted by Crippen LogP contribution is -2.61. The molecule has 2 aromatic carbocycles. The molecule has 40 heavy (non-hydrogen) atoms. The highest BCUT2D eigenvalue weighted by Gasteiger charge is 2.47. The van der Waals surface area contributed by atoms with E-state index in [0.717, 1.165) is 0 Å². The molecule has 1 aromatic heterocycles. The molecule has 0 saturated carbocycles. The zero-order valence-corrected chi connectivity index (χ0v) is 21.3. The summed E-state index contributed by atoms with van der Waals surface area (Å²) in [5.74, 6) is 0.798. The maximum atomic E-state index is 13.1. The second-order valence-electron chi connectivity index (χ2n) is 9.54. The molecule has 3 heterocycles. The molecule has 13 heteroatoms. The summed E-state index contributed by atoms with van der Waals surface area (Å²) in [5, 5.41) is 60.6. The van der Waals surface area contributed by atoms with E-state index in [9.17, 15) is 35.4 Å². The molecule has 0 bridgehead atoms. The van der Waals surface area contributed by atoms with E-state index in [0.29, 0.717) is 16.9 Å². The predicted molar refractivity (Wildman–Crippen MR) is 135 cm³/mol. The van der Waals surface area contributed by atoms with Gasteiger partial charge in [0, 0.05) is 12.5 Å². The third-order valence-corrected chi connectivity index (χ3v) is 6.93. The van der Waals surface area contributed by atoms with Gasteiger partial charge >= 0.3 is 0 Å². The first kappa shape index (κ1) is 28.4. The van der Waals surface area contributed by atoms with Crippen LogP contribution < -0.4 is 14.9 Å². The van der Waals surface area contributed by atoms with Crippen LogP contribution in [0.5, 0.6) is 11.5 Å². The quantitative estimate of drug-likeness (QED) is 0.215. The van der Waals surface area contributed by atoms with E-state index in [4.69, 9.17) is 28.1 Å².